The van der Waals surface area contributed by atoms with Crippen LogP contribution in [0.25, 0.3) is 10.8 Å². The van der Waals surface area contributed by atoms with Crippen LogP contribution < -0.4 is 0 Å². The van der Waals surface area contributed by atoms with E-state index in [-0.39, 0.29) is 6.61 Å². The second-order valence-electron chi connectivity index (χ2n) is 5.54. The maximum atomic E-state index is 9.45. The Kier molecular flexibility index (Phi) is 4.49. The third-order valence-electron chi connectivity index (χ3n) is 4.04. The molecule has 0 saturated heterocycles. The highest BCUT2D eigenvalue weighted by Crippen LogP contribution is 2.20. The molecule has 0 unspecified atom stereocenters. The van der Waals surface area contributed by atoms with Crippen LogP contribution >= 0.6 is 0 Å². The van der Waals surface area contributed by atoms with Gasteiger partial charge in [-0.1, -0.05) is 61.0 Å². The van der Waals surface area contributed by atoms with Gasteiger partial charge in [-0.05, 0) is 29.2 Å². The molecule has 0 aliphatic rings. The average molecular weight is 295 g/mol. The number of hydrogen-bond donors (Lipinski definition) is 1. The molecular weight excluding hydrogens is 274 g/mol. The Morgan fingerprint density at radius 2 is 1.91 bits per heavy atom. The lowest BCUT2D eigenvalue weighted by Crippen LogP contribution is -2.08. The molecule has 0 saturated carbocycles. The van der Waals surface area contributed by atoms with Gasteiger partial charge in [-0.3, -0.25) is 0 Å². The number of unbranched alkanes of at least 4 members (excludes halogenated alkanes) is 1. The van der Waals surface area contributed by atoms with Crippen molar-refractivity contribution in [3.8, 4) is 0 Å². The Morgan fingerprint density at radius 3 is 2.73 bits per heavy atom. The zero-order valence-electron chi connectivity index (χ0n) is 12.9. The van der Waals surface area contributed by atoms with E-state index in [4.69, 9.17) is 0 Å². The topological polar surface area (TPSA) is 50.9 Å². The summed E-state index contributed by atoms with van der Waals surface area (Å²) in [5.74, 6) is 0. The van der Waals surface area contributed by atoms with Crippen LogP contribution in [0.5, 0.6) is 0 Å². The van der Waals surface area contributed by atoms with Crippen LogP contribution in [-0.4, -0.2) is 20.1 Å². The van der Waals surface area contributed by atoms with Gasteiger partial charge in [0.2, 0.25) is 0 Å². The number of aliphatic hydroxyl groups is 1. The Morgan fingerprint density at radius 1 is 1.09 bits per heavy atom. The molecule has 1 heterocycles. The van der Waals surface area contributed by atoms with E-state index in [2.05, 4.69) is 59.7 Å². The van der Waals surface area contributed by atoms with E-state index in [1.54, 1.807) is 0 Å². The highest BCUT2D eigenvalue weighted by Gasteiger charge is 2.12. The Hall–Kier alpha value is -2.20. The van der Waals surface area contributed by atoms with Gasteiger partial charge < -0.3 is 5.11 Å². The number of rotatable bonds is 6. The van der Waals surface area contributed by atoms with Crippen LogP contribution in [0.1, 0.15) is 36.7 Å². The molecule has 3 aromatic rings. The molecule has 114 valence electrons. The molecule has 0 amide bonds. The minimum absolute atomic E-state index is 0.0470. The number of aromatic nitrogens is 3. The second kappa shape index (κ2) is 6.71. The number of hydrogen-bond acceptors (Lipinski definition) is 3. The molecule has 0 fully saturated rings. The molecule has 0 spiro atoms. The predicted octanol–water partition coefficient (Wildman–Crippen LogP) is 3.31. The van der Waals surface area contributed by atoms with Gasteiger partial charge >= 0.3 is 0 Å². The summed E-state index contributed by atoms with van der Waals surface area (Å²) in [5.41, 5.74) is 2.98. The fraction of sp³-hybridized carbons (Fsp3) is 0.333. The molecule has 22 heavy (non-hydrogen) atoms. The molecule has 0 radical (unpaired) electrons. The van der Waals surface area contributed by atoms with Gasteiger partial charge in [0.15, 0.2) is 0 Å². The van der Waals surface area contributed by atoms with E-state index in [1.165, 1.54) is 16.3 Å². The van der Waals surface area contributed by atoms with Crippen molar-refractivity contribution in [1.82, 2.24) is 15.0 Å². The zero-order chi connectivity index (χ0) is 15.4. The molecule has 4 nitrogen and oxygen atoms in total. The number of nitrogens with zero attached hydrogens (tertiary/aromatic N) is 3. The van der Waals surface area contributed by atoms with Gasteiger partial charge in [-0.25, -0.2) is 4.68 Å². The van der Waals surface area contributed by atoms with Crippen molar-refractivity contribution in [2.75, 3.05) is 0 Å². The Labute approximate surface area is 130 Å². The maximum Gasteiger partial charge on any atom is 0.111 e. The predicted molar refractivity (Wildman–Crippen MR) is 87.6 cm³/mol. The van der Waals surface area contributed by atoms with Gasteiger partial charge in [-0.15, -0.1) is 5.10 Å². The van der Waals surface area contributed by atoms with E-state index in [9.17, 15) is 5.11 Å². The first-order valence-electron chi connectivity index (χ1n) is 7.82. The van der Waals surface area contributed by atoms with Crippen molar-refractivity contribution in [2.24, 2.45) is 0 Å². The lowest BCUT2D eigenvalue weighted by Gasteiger charge is -2.10. The molecule has 0 aliphatic heterocycles. The van der Waals surface area contributed by atoms with E-state index in [1.807, 2.05) is 4.68 Å². The summed E-state index contributed by atoms with van der Waals surface area (Å²) in [6, 6.07) is 14.7. The third kappa shape index (κ3) is 2.88. The van der Waals surface area contributed by atoms with E-state index in [0.717, 1.165) is 25.0 Å². The molecule has 1 N–H and O–H groups in total. The molecule has 3 rings (SSSR count). The molecular formula is C18H21N3O. The van der Waals surface area contributed by atoms with Gasteiger partial charge in [0.25, 0.3) is 0 Å². The first kappa shape index (κ1) is 14.7. The standard InChI is InChI=1S/C18H21N3O/c1-2-3-11-18-17(13-22)19-20-21(18)12-15-9-6-8-14-7-4-5-10-16(14)15/h4-10,22H,2-3,11-13H2,1H3. The molecule has 1 aromatic heterocycles. The highest BCUT2D eigenvalue weighted by atomic mass is 16.3. The summed E-state index contributed by atoms with van der Waals surface area (Å²) in [6.07, 6.45) is 3.10. The van der Waals surface area contributed by atoms with Gasteiger partial charge in [-0.2, -0.15) is 0 Å². The monoisotopic (exact) mass is 295 g/mol. The number of aliphatic hydroxyl groups excluding tert-OH is 1. The lowest BCUT2D eigenvalue weighted by molar-refractivity contribution is 0.275. The Bertz CT molecular complexity index is 759. The summed E-state index contributed by atoms with van der Waals surface area (Å²) in [5, 5.41) is 20.3. The zero-order valence-corrected chi connectivity index (χ0v) is 12.9. The molecule has 2 aromatic carbocycles. The summed E-state index contributed by atoms with van der Waals surface area (Å²) < 4.78 is 1.93. The summed E-state index contributed by atoms with van der Waals surface area (Å²) in [4.78, 5) is 0. The van der Waals surface area contributed by atoms with E-state index >= 15 is 0 Å². The third-order valence-corrected chi connectivity index (χ3v) is 4.04. The van der Waals surface area contributed by atoms with Crippen LogP contribution in [0.2, 0.25) is 0 Å². The SMILES string of the molecule is CCCCc1c(CO)nnn1Cc1cccc2ccccc12. The van der Waals surface area contributed by atoms with Crippen LogP contribution in [-0.2, 0) is 19.6 Å². The largest absolute Gasteiger partial charge is 0.390 e. The van der Waals surface area contributed by atoms with E-state index < -0.39 is 0 Å². The fourth-order valence-corrected chi connectivity index (χ4v) is 2.83. The smallest absolute Gasteiger partial charge is 0.111 e. The van der Waals surface area contributed by atoms with Gasteiger partial charge in [0, 0.05) is 0 Å². The first-order valence-corrected chi connectivity index (χ1v) is 7.82. The lowest BCUT2D eigenvalue weighted by atomic mass is 10.0. The van der Waals surface area contributed by atoms with Gasteiger partial charge in [0.1, 0.15) is 5.69 Å². The van der Waals surface area contributed by atoms with Crippen molar-refractivity contribution in [1.29, 1.82) is 0 Å². The van der Waals surface area contributed by atoms with Crippen molar-refractivity contribution in [2.45, 2.75) is 39.3 Å². The Balaban J connectivity index is 1.96. The highest BCUT2D eigenvalue weighted by molar-refractivity contribution is 5.85. The minimum Gasteiger partial charge on any atom is -0.390 e. The van der Waals surface area contributed by atoms with Crippen molar-refractivity contribution >= 4 is 10.8 Å². The molecule has 0 aliphatic carbocycles. The van der Waals surface area contributed by atoms with Crippen LogP contribution in [0.4, 0.5) is 0 Å². The fourth-order valence-electron chi connectivity index (χ4n) is 2.83. The maximum absolute atomic E-state index is 9.45. The van der Waals surface area contributed by atoms with Crippen LogP contribution in [0, 0.1) is 0 Å². The number of benzene rings is 2. The van der Waals surface area contributed by atoms with Crippen LogP contribution in [0.3, 0.4) is 0 Å². The molecule has 4 heteroatoms. The quantitative estimate of drug-likeness (QED) is 0.759. The minimum atomic E-state index is -0.0470. The normalized spacial score (nSPS) is 11.2. The second-order valence-corrected chi connectivity index (χ2v) is 5.54. The summed E-state index contributed by atoms with van der Waals surface area (Å²) in [6.45, 7) is 2.81. The summed E-state index contributed by atoms with van der Waals surface area (Å²) in [7, 11) is 0. The van der Waals surface area contributed by atoms with E-state index in [0.29, 0.717) is 12.2 Å². The van der Waals surface area contributed by atoms with Crippen molar-refractivity contribution in [3.63, 3.8) is 0 Å². The first-order chi connectivity index (χ1) is 10.8. The molecule has 0 atom stereocenters. The summed E-state index contributed by atoms with van der Waals surface area (Å²) >= 11 is 0. The van der Waals surface area contributed by atoms with Gasteiger partial charge in [0.05, 0.1) is 18.8 Å². The van der Waals surface area contributed by atoms with Crippen molar-refractivity contribution in [3.05, 3.63) is 59.4 Å². The number of fused-ring (bicyclic) bond motifs is 1. The average Bonchev–Trinajstić information content (AvgIpc) is 2.95. The molecule has 0 bridgehead atoms. The van der Waals surface area contributed by atoms with Crippen LogP contribution in [0.15, 0.2) is 42.5 Å². The van der Waals surface area contributed by atoms with Crippen molar-refractivity contribution < 1.29 is 5.11 Å².